The molecule has 1 fully saturated rings. The summed E-state index contributed by atoms with van der Waals surface area (Å²) in [5.41, 5.74) is 1.11. The highest BCUT2D eigenvalue weighted by Gasteiger charge is 2.42. The van der Waals surface area contributed by atoms with Crippen molar-refractivity contribution in [3.05, 3.63) is 35.9 Å². The van der Waals surface area contributed by atoms with Crippen LogP contribution in [0.25, 0.3) is 0 Å². The van der Waals surface area contributed by atoms with Crippen LogP contribution in [0.2, 0.25) is 0 Å². The first-order valence-electron chi connectivity index (χ1n) is 8.29. The molecule has 0 aliphatic carbocycles. The summed E-state index contributed by atoms with van der Waals surface area (Å²) in [5, 5.41) is 7.77. The Hall–Kier alpha value is -0.520. The molecule has 5 atom stereocenters. The van der Waals surface area contributed by atoms with E-state index in [0.717, 1.165) is 5.56 Å². The standard InChI is InChI=1S/C18H24Cl3NO3/c1-11-12(2)15(10-23-9-14-7-5-4-6-8-14)24-16(13(11)3)25-17(22)18(19,20)21/h4-8,11-13,15-16,22H,9-10H2,1-3H3/t11-,12-,13?,15?,16+/m0/s1. The molecule has 1 aromatic carbocycles. The Morgan fingerprint density at radius 3 is 2.32 bits per heavy atom. The molecule has 1 aliphatic rings. The molecule has 2 unspecified atom stereocenters. The molecule has 1 saturated heterocycles. The van der Waals surface area contributed by atoms with Crippen molar-refractivity contribution < 1.29 is 14.2 Å². The zero-order chi connectivity index (χ0) is 18.6. The number of halogens is 3. The van der Waals surface area contributed by atoms with Gasteiger partial charge in [0.1, 0.15) is 0 Å². The highest BCUT2D eigenvalue weighted by Crippen LogP contribution is 2.37. The molecule has 1 aliphatic heterocycles. The lowest BCUT2D eigenvalue weighted by Crippen LogP contribution is -2.49. The Kier molecular flexibility index (Phi) is 7.41. The van der Waals surface area contributed by atoms with Gasteiger partial charge in [-0.3, -0.25) is 5.41 Å². The quantitative estimate of drug-likeness (QED) is 0.414. The Balaban J connectivity index is 1.94. The van der Waals surface area contributed by atoms with E-state index in [1.165, 1.54) is 0 Å². The minimum Gasteiger partial charge on any atom is -0.448 e. The lowest BCUT2D eigenvalue weighted by atomic mass is 9.79. The second-order valence-electron chi connectivity index (χ2n) is 6.57. The molecule has 0 amide bonds. The number of hydrogen-bond donors (Lipinski definition) is 1. The average molecular weight is 409 g/mol. The van der Waals surface area contributed by atoms with Crippen molar-refractivity contribution in [2.75, 3.05) is 6.61 Å². The van der Waals surface area contributed by atoms with E-state index in [0.29, 0.717) is 19.1 Å². The normalized spacial score (nSPS) is 30.1. The fourth-order valence-corrected chi connectivity index (χ4v) is 3.00. The van der Waals surface area contributed by atoms with Crippen LogP contribution in [0.15, 0.2) is 30.3 Å². The molecule has 7 heteroatoms. The van der Waals surface area contributed by atoms with Crippen LogP contribution in [-0.4, -0.2) is 28.7 Å². The Labute approximate surface area is 164 Å². The minimum atomic E-state index is -1.89. The molecule has 0 radical (unpaired) electrons. The van der Waals surface area contributed by atoms with Crippen molar-refractivity contribution >= 4 is 40.7 Å². The Morgan fingerprint density at radius 1 is 1.08 bits per heavy atom. The zero-order valence-corrected chi connectivity index (χ0v) is 16.8. The topological polar surface area (TPSA) is 51.5 Å². The minimum absolute atomic E-state index is 0.0630. The maximum absolute atomic E-state index is 7.77. The van der Waals surface area contributed by atoms with Gasteiger partial charge in [-0.1, -0.05) is 85.9 Å². The van der Waals surface area contributed by atoms with Crippen molar-refractivity contribution in [1.29, 1.82) is 5.41 Å². The summed E-state index contributed by atoms with van der Waals surface area (Å²) in [4.78, 5) is 0. The summed E-state index contributed by atoms with van der Waals surface area (Å²) in [6, 6.07) is 9.97. The smallest absolute Gasteiger partial charge is 0.265 e. The van der Waals surface area contributed by atoms with Crippen LogP contribution < -0.4 is 0 Å². The van der Waals surface area contributed by atoms with Crippen molar-refractivity contribution in [2.24, 2.45) is 17.8 Å². The number of hydrogen-bond acceptors (Lipinski definition) is 4. The van der Waals surface area contributed by atoms with Gasteiger partial charge in [0, 0.05) is 5.92 Å². The third kappa shape index (κ3) is 5.73. The van der Waals surface area contributed by atoms with Crippen LogP contribution in [0.1, 0.15) is 26.3 Å². The summed E-state index contributed by atoms with van der Waals surface area (Å²) in [7, 11) is 0. The number of ether oxygens (including phenoxy) is 3. The second kappa shape index (κ2) is 8.92. The number of rotatable bonds is 5. The van der Waals surface area contributed by atoms with Gasteiger partial charge in [0.25, 0.3) is 3.79 Å². The third-order valence-electron chi connectivity index (χ3n) is 4.87. The van der Waals surface area contributed by atoms with Gasteiger partial charge in [-0.25, -0.2) is 0 Å². The lowest BCUT2D eigenvalue weighted by Gasteiger charge is -2.43. The van der Waals surface area contributed by atoms with Crippen LogP contribution in [0.5, 0.6) is 0 Å². The Bertz CT molecular complexity index is 564. The molecule has 4 nitrogen and oxygen atoms in total. The molecule has 1 N–H and O–H groups in total. The van der Waals surface area contributed by atoms with Crippen molar-refractivity contribution in [2.45, 2.75) is 43.6 Å². The largest absolute Gasteiger partial charge is 0.448 e. The third-order valence-corrected chi connectivity index (χ3v) is 5.38. The fourth-order valence-electron chi connectivity index (χ4n) is 2.86. The molecule has 0 aromatic heterocycles. The second-order valence-corrected chi connectivity index (χ2v) is 8.85. The lowest BCUT2D eigenvalue weighted by molar-refractivity contribution is -0.230. The van der Waals surface area contributed by atoms with Crippen LogP contribution in [0.3, 0.4) is 0 Å². The summed E-state index contributed by atoms with van der Waals surface area (Å²) >= 11 is 17.1. The van der Waals surface area contributed by atoms with E-state index < -0.39 is 16.0 Å². The van der Waals surface area contributed by atoms with Crippen molar-refractivity contribution in [3.8, 4) is 0 Å². The molecule has 1 heterocycles. The van der Waals surface area contributed by atoms with E-state index in [1.54, 1.807) is 0 Å². The van der Waals surface area contributed by atoms with Gasteiger partial charge < -0.3 is 14.2 Å². The van der Waals surface area contributed by atoms with Crippen LogP contribution in [0, 0.1) is 23.2 Å². The number of alkyl halides is 3. The van der Waals surface area contributed by atoms with Gasteiger partial charge >= 0.3 is 0 Å². The van der Waals surface area contributed by atoms with E-state index in [9.17, 15) is 0 Å². The number of benzene rings is 1. The number of nitrogens with one attached hydrogen (secondary N) is 1. The Morgan fingerprint density at radius 2 is 1.72 bits per heavy atom. The van der Waals surface area contributed by atoms with Gasteiger partial charge in [0.15, 0.2) is 0 Å². The SMILES string of the molecule is CC1[C@@H](OC(=N)C(Cl)(Cl)Cl)OC(COCc2ccccc2)[C@@H](C)[C@@H]1C. The van der Waals surface area contributed by atoms with Gasteiger partial charge in [-0.15, -0.1) is 0 Å². The summed E-state index contributed by atoms with van der Waals surface area (Å²) < 4.78 is 15.4. The van der Waals surface area contributed by atoms with Crippen molar-refractivity contribution in [3.63, 3.8) is 0 Å². The summed E-state index contributed by atoms with van der Waals surface area (Å²) in [5.74, 6) is 0.230. The first kappa shape index (κ1) is 20.8. The molecular formula is C18H24Cl3NO3. The monoisotopic (exact) mass is 407 g/mol. The molecule has 0 saturated carbocycles. The average Bonchev–Trinajstić information content (AvgIpc) is 2.56. The molecule has 25 heavy (non-hydrogen) atoms. The first-order valence-corrected chi connectivity index (χ1v) is 9.43. The van der Waals surface area contributed by atoms with E-state index in [4.69, 9.17) is 54.4 Å². The summed E-state index contributed by atoms with van der Waals surface area (Å²) in [6.45, 7) is 7.24. The molecule has 2 rings (SSSR count). The molecule has 0 spiro atoms. The van der Waals surface area contributed by atoms with E-state index in [-0.39, 0.29) is 17.9 Å². The van der Waals surface area contributed by atoms with Gasteiger partial charge in [0.2, 0.25) is 12.2 Å². The van der Waals surface area contributed by atoms with Crippen LogP contribution >= 0.6 is 34.8 Å². The van der Waals surface area contributed by atoms with Gasteiger partial charge in [-0.05, 0) is 17.4 Å². The maximum Gasteiger partial charge on any atom is 0.265 e. The zero-order valence-electron chi connectivity index (χ0n) is 14.5. The van der Waals surface area contributed by atoms with Crippen LogP contribution in [0.4, 0.5) is 0 Å². The maximum atomic E-state index is 7.77. The predicted molar refractivity (Wildman–Crippen MR) is 101 cm³/mol. The molecule has 0 bridgehead atoms. The van der Waals surface area contributed by atoms with Gasteiger partial charge in [0.05, 0.1) is 19.3 Å². The highest BCUT2D eigenvalue weighted by molar-refractivity contribution is 6.76. The molecular weight excluding hydrogens is 385 g/mol. The highest BCUT2D eigenvalue weighted by atomic mass is 35.6. The first-order chi connectivity index (χ1) is 11.7. The molecule has 1 aromatic rings. The predicted octanol–water partition coefficient (Wildman–Crippen LogP) is 5.20. The van der Waals surface area contributed by atoms with E-state index in [1.807, 2.05) is 37.3 Å². The molecule has 140 valence electrons. The fraction of sp³-hybridized carbons (Fsp3) is 0.611. The van der Waals surface area contributed by atoms with Crippen molar-refractivity contribution in [1.82, 2.24) is 0 Å². The van der Waals surface area contributed by atoms with Gasteiger partial charge in [-0.2, -0.15) is 0 Å². The van der Waals surface area contributed by atoms with Crippen LogP contribution in [-0.2, 0) is 20.8 Å². The van der Waals surface area contributed by atoms with E-state index >= 15 is 0 Å². The summed E-state index contributed by atoms with van der Waals surface area (Å²) in [6.07, 6.45) is -0.789. The van der Waals surface area contributed by atoms with E-state index in [2.05, 4.69) is 13.8 Å².